The molecule has 7 aromatic carbocycles. The van der Waals surface area contributed by atoms with E-state index in [1.54, 1.807) is 0 Å². The highest BCUT2D eigenvalue weighted by atomic mass is 15.0. The van der Waals surface area contributed by atoms with E-state index in [9.17, 15) is 5.26 Å². The predicted octanol–water partition coefficient (Wildman–Crippen LogP) is 14.6. The van der Waals surface area contributed by atoms with E-state index in [0.717, 1.165) is 88.6 Å². The summed E-state index contributed by atoms with van der Waals surface area (Å²) in [5.74, 6) is 0. The minimum Gasteiger partial charge on any atom is -0.308 e. The van der Waals surface area contributed by atoms with Gasteiger partial charge in [0.1, 0.15) is 11.6 Å². The predicted molar refractivity (Wildman–Crippen MR) is 252 cm³/mol. The summed E-state index contributed by atoms with van der Waals surface area (Å²) in [5.41, 5.74) is 22.8. The maximum Gasteiger partial charge on any atom is 0.104 e. The minimum atomic E-state index is 0.604. The molecule has 3 heterocycles. The van der Waals surface area contributed by atoms with Crippen LogP contribution in [0.25, 0.3) is 88.4 Å². The van der Waals surface area contributed by atoms with Gasteiger partial charge in [0.2, 0.25) is 0 Å². The zero-order chi connectivity index (χ0) is 41.6. The highest BCUT2D eigenvalue weighted by Gasteiger charge is 2.24. The standard InChI is InChI=1S/C56H46N4/c1-32-21-34(3)55(35(4)22-32)40-17-19-46-44-13-9-11-15-49(44)59(51(46)27-40)53-29-43(42-25-38(7)58-39(8)26-42)30-54(48(53)31-57)60-50-16-12-10-14-45(50)47-20-18-41(28-52(47)60)56-36(5)23-33(2)24-37(56)6/h9-30H,1-8H3. The molecule has 0 aliphatic rings. The molecule has 3 aromatic heterocycles. The third-order valence-corrected chi connectivity index (χ3v) is 12.4. The number of benzene rings is 7. The Morgan fingerprint density at radius 3 is 1.20 bits per heavy atom. The van der Waals surface area contributed by atoms with Crippen LogP contribution in [0, 0.1) is 66.7 Å². The average Bonchev–Trinajstić information content (AvgIpc) is 3.71. The lowest BCUT2D eigenvalue weighted by Gasteiger charge is -2.19. The Bertz CT molecular complexity index is 3210. The van der Waals surface area contributed by atoms with Crippen LogP contribution in [0.2, 0.25) is 0 Å². The van der Waals surface area contributed by atoms with Crippen molar-refractivity contribution in [3.05, 3.63) is 184 Å². The van der Waals surface area contributed by atoms with Crippen molar-refractivity contribution in [2.75, 3.05) is 0 Å². The Kier molecular flexibility index (Phi) is 8.63. The molecule has 10 aromatic rings. The lowest BCUT2D eigenvalue weighted by molar-refractivity contribution is 1.11. The molecule has 10 rings (SSSR count). The quantitative estimate of drug-likeness (QED) is 0.175. The van der Waals surface area contributed by atoms with E-state index in [2.05, 4.69) is 204 Å². The number of pyridine rings is 1. The van der Waals surface area contributed by atoms with Crippen molar-refractivity contribution in [3.63, 3.8) is 0 Å². The van der Waals surface area contributed by atoms with Gasteiger partial charge in [0.05, 0.1) is 33.4 Å². The number of rotatable bonds is 5. The number of hydrogen-bond donors (Lipinski definition) is 0. The summed E-state index contributed by atoms with van der Waals surface area (Å²) in [7, 11) is 0. The summed E-state index contributed by atoms with van der Waals surface area (Å²) in [6.45, 7) is 17.2. The molecule has 0 radical (unpaired) electrons. The minimum absolute atomic E-state index is 0.604. The monoisotopic (exact) mass is 774 g/mol. The van der Waals surface area contributed by atoms with E-state index in [1.165, 1.54) is 44.5 Å². The first kappa shape index (κ1) is 37.1. The third kappa shape index (κ3) is 5.84. The van der Waals surface area contributed by atoms with Gasteiger partial charge >= 0.3 is 0 Å². The van der Waals surface area contributed by atoms with Crippen molar-refractivity contribution in [1.29, 1.82) is 5.26 Å². The normalized spacial score (nSPS) is 11.7. The summed E-state index contributed by atoms with van der Waals surface area (Å²) < 4.78 is 4.66. The first-order chi connectivity index (χ1) is 29.0. The van der Waals surface area contributed by atoms with E-state index in [4.69, 9.17) is 4.98 Å². The number of aryl methyl sites for hydroxylation is 8. The van der Waals surface area contributed by atoms with Crippen LogP contribution in [-0.2, 0) is 0 Å². The molecule has 4 nitrogen and oxygen atoms in total. The number of nitrogens with zero attached hydrogens (tertiary/aromatic N) is 4. The van der Waals surface area contributed by atoms with Gasteiger partial charge in [-0.05, 0) is 160 Å². The number of para-hydroxylation sites is 2. The van der Waals surface area contributed by atoms with Gasteiger partial charge in [-0.15, -0.1) is 0 Å². The van der Waals surface area contributed by atoms with E-state index in [0.29, 0.717) is 5.56 Å². The molecule has 0 atom stereocenters. The van der Waals surface area contributed by atoms with Crippen molar-refractivity contribution in [3.8, 4) is 50.8 Å². The molecule has 290 valence electrons. The lowest BCUT2D eigenvalue weighted by Crippen LogP contribution is -2.05. The number of fused-ring (bicyclic) bond motifs is 6. The topological polar surface area (TPSA) is 46.5 Å². The molecular weight excluding hydrogens is 729 g/mol. The molecule has 0 saturated heterocycles. The molecule has 0 N–H and O–H groups in total. The van der Waals surface area contributed by atoms with E-state index < -0.39 is 0 Å². The number of aromatic nitrogens is 3. The highest BCUT2D eigenvalue weighted by Crippen LogP contribution is 2.43. The smallest absolute Gasteiger partial charge is 0.104 e. The van der Waals surface area contributed by atoms with E-state index in [1.807, 2.05) is 0 Å². The fraction of sp³-hybridized carbons (Fsp3) is 0.143. The molecule has 0 aliphatic heterocycles. The fourth-order valence-electron chi connectivity index (χ4n) is 10.3. The number of nitriles is 1. The molecular formula is C56H46N4. The van der Waals surface area contributed by atoms with Crippen molar-refractivity contribution in [2.24, 2.45) is 0 Å². The Hall–Kier alpha value is -7.22. The summed E-state index contributed by atoms with van der Waals surface area (Å²) in [6, 6.07) is 51.5. The van der Waals surface area contributed by atoms with Crippen LogP contribution in [-0.4, -0.2) is 14.1 Å². The summed E-state index contributed by atoms with van der Waals surface area (Å²) in [5, 5.41) is 16.2. The molecule has 0 bridgehead atoms. The second-order valence-corrected chi connectivity index (χ2v) is 16.9. The lowest BCUT2D eigenvalue weighted by atomic mass is 9.93. The Morgan fingerprint density at radius 2 is 0.783 bits per heavy atom. The van der Waals surface area contributed by atoms with Crippen LogP contribution in [0.3, 0.4) is 0 Å². The van der Waals surface area contributed by atoms with Gasteiger partial charge in [0, 0.05) is 32.9 Å². The first-order valence-electron chi connectivity index (χ1n) is 20.8. The maximum atomic E-state index is 11.6. The molecule has 0 fully saturated rings. The third-order valence-electron chi connectivity index (χ3n) is 12.4. The van der Waals surface area contributed by atoms with E-state index >= 15 is 0 Å². The Balaban J connectivity index is 1.35. The summed E-state index contributed by atoms with van der Waals surface area (Å²) in [6.07, 6.45) is 0. The van der Waals surface area contributed by atoms with Gasteiger partial charge in [0.25, 0.3) is 0 Å². The maximum absolute atomic E-state index is 11.6. The van der Waals surface area contributed by atoms with Crippen LogP contribution in [0.1, 0.15) is 50.3 Å². The van der Waals surface area contributed by atoms with Gasteiger partial charge in [-0.3, -0.25) is 4.98 Å². The van der Waals surface area contributed by atoms with Gasteiger partial charge in [-0.1, -0.05) is 96.1 Å². The molecule has 0 spiro atoms. The van der Waals surface area contributed by atoms with Gasteiger partial charge < -0.3 is 9.13 Å². The van der Waals surface area contributed by atoms with Crippen LogP contribution in [0.4, 0.5) is 0 Å². The Labute approximate surface area is 351 Å². The highest BCUT2D eigenvalue weighted by molar-refractivity contribution is 6.12. The Morgan fingerprint density at radius 1 is 0.400 bits per heavy atom. The zero-order valence-electron chi connectivity index (χ0n) is 35.5. The summed E-state index contributed by atoms with van der Waals surface area (Å²) >= 11 is 0. The molecule has 60 heavy (non-hydrogen) atoms. The van der Waals surface area contributed by atoms with E-state index in [-0.39, 0.29) is 0 Å². The molecule has 4 heteroatoms. The van der Waals surface area contributed by atoms with Crippen molar-refractivity contribution in [2.45, 2.75) is 55.4 Å². The molecule has 0 unspecified atom stereocenters. The summed E-state index contributed by atoms with van der Waals surface area (Å²) in [4.78, 5) is 4.76. The molecule has 0 aliphatic carbocycles. The van der Waals surface area contributed by atoms with Crippen LogP contribution in [0.15, 0.2) is 133 Å². The van der Waals surface area contributed by atoms with Gasteiger partial charge in [0.15, 0.2) is 0 Å². The average molecular weight is 775 g/mol. The second-order valence-electron chi connectivity index (χ2n) is 16.9. The van der Waals surface area contributed by atoms with Crippen LogP contribution >= 0.6 is 0 Å². The molecule has 0 amide bonds. The molecule has 0 saturated carbocycles. The van der Waals surface area contributed by atoms with Crippen molar-refractivity contribution in [1.82, 2.24) is 14.1 Å². The fourth-order valence-corrected chi connectivity index (χ4v) is 10.3. The zero-order valence-corrected chi connectivity index (χ0v) is 35.5. The van der Waals surface area contributed by atoms with Gasteiger partial charge in [-0.2, -0.15) is 5.26 Å². The van der Waals surface area contributed by atoms with Crippen LogP contribution in [0.5, 0.6) is 0 Å². The van der Waals surface area contributed by atoms with Crippen LogP contribution < -0.4 is 0 Å². The first-order valence-corrected chi connectivity index (χ1v) is 20.8. The largest absolute Gasteiger partial charge is 0.308 e. The van der Waals surface area contributed by atoms with Gasteiger partial charge in [-0.25, -0.2) is 0 Å². The number of hydrogen-bond acceptors (Lipinski definition) is 2. The second kappa shape index (κ2) is 14.0. The SMILES string of the molecule is Cc1cc(C)c(-c2ccc3c4ccccc4n(-c4cc(-c5cc(C)nc(C)c5)cc(-n5c6ccccc6c6ccc(-c7c(C)cc(C)cc7C)cc65)c4C#N)c3c2)c(C)c1. The van der Waals surface area contributed by atoms with Crippen molar-refractivity contribution >= 4 is 43.6 Å². The van der Waals surface area contributed by atoms with Crippen molar-refractivity contribution < 1.29 is 0 Å².